The highest BCUT2D eigenvalue weighted by Crippen LogP contribution is 2.34. The van der Waals surface area contributed by atoms with E-state index in [2.05, 4.69) is 15.0 Å². The van der Waals surface area contributed by atoms with E-state index in [1.54, 1.807) is 0 Å². The number of hydrogen-bond donors (Lipinski definition) is 1. The second-order valence-electron chi connectivity index (χ2n) is 6.11. The lowest BCUT2D eigenvalue weighted by molar-refractivity contribution is 0.0627. The van der Waals surface area contributed by atoms with Crippen LogP contribution in [-0.4, -0.2) is 32.9 Å². The molecule has 0 radical (unpaired) electrons. The largest absolute Gasteiger partial charge is 0.338 e. The summed E-state index contributed by atoms with van der Waals surface area (Å²) >= 11 is 0. The number of nitrogens with one attached hydrogen (secondary N) is 1. The number of halogens is 1. The van der Waals surface area contributed by atoms with Crippen molar-refractivity contribution >= 4 is 11.2 Å². The quantitative estimate of drug-likeness (QED) is 0.735. The molecule has 0 amide bonds. The maximum Gasteiger partial charge on any atom is 0.186 e. The van der Waals surface area contributed by atoms with E-state index in [1.807, 2.05) is 48.7 Å². The fraction of sp³-hybridized carbons (Fsp3) is 0.278. The highest BCUT2D eigenvalue weighted by Gasteiger charge is 2.40. The van der Waals surface area contributed by atoms with Gasteiger partial charge in [-0.1, -0.05) is 30.3 Å². The summed E-state index contributed by atoms with van der Waals surface area (Å²) in [5.41, 5.74) is 1.36. The lowest BCUT2D eigenvalue weighted by atomic mass is 9.94. The van der Waals surface area contributed by atoms with E-state index >= 15 is 4.39 Å². The van der Waals surface area contributed by atoms with E-state index < -0.39 is 5.67 Å². The number of hydrogen-bond acceptors (Lipinski definition) is 4. The molecular weight excluding hydrogens is 305 g/mol. The number of likely N-dealkylation sites (tertiary alicyclic amines) is 1. The van der Waals surface area contributed by atoms with Crippen LogP contribution in [0, 0.1) is 11.5 Å². The molecule has 0 aliphatic carbocycles. The number of imidazole rings is 1. The smallest absolute Gasteiger partial charge is 0.186 e. The summed E-state index contributed by atoms with van der Waals surface area (Å²) in [5.74, 6) is 0.259. The number of benzene rings is 1. The zero-order valence-corrected chi connectivity index (χ0v) is 13.0. The van der Waals surface area contributed by atoms with Crippen LogP contribution in [0.2, 0.25) is 0 Å². The molecule has 24 heavy (non-hydrogen) atoms. The molecule has 1 aromatic carbocycles. The maximum absolute atomic E-state index is 15.3. The van der Waals surface area contributed by atoms with Crippen molar-refractivity contribution in [3.8, 4) is 17.5 Å². The van der Waals surface area contributed by atoms with Gasteiger partial charge in [0.15, 0.2) is 17.5 Å². The molecule has 120 valence electrons. The molecule has 4 rings (SSSR count). The Balaban J connectivity index is 1.72. The van der Waals surface area contributed by atoms with Crippen LogP contribution in [0.5, 0.6) is 0 Å². The number of nitriles is 1. The Morgan fingerprint density at radius 3 is 2.79 bits per heavy atom. The average Bonchev–Trinajstić information content (AvgIpc) is 3.06. The molecule has 3 heterocycles. The number of piperidine rings is 1. The van der Waals surface area contributed by atoms with Crippen LogP contribution in [0.25, 0.3) is 22.4 Å². The van der Waals surface area contributed by atoms with Gasteiger partial charge in [0.1, 0.15) is 5.82 Å². The van der Waals surface area contributed by atoms with Gasteiger partial charge in [-0.2, -0.15) is 5.26 Å². The molecule has 5 nitrogen and oxygen atoms in total. The van der Waals surface area contributed by atoms with Gasteiger partial charge in [0.2, 0.25) is 0 Å². The molecule has 1 unspecified atom stereocenters. The molecule has 1 atom stereocenters. The molecule has 1 aliphatic rings. The average molecular weight is 321 g/mol. The summed E-state index contributed by atoms with van der Waals surface area (Å²) < 4.78 is 15.3. The van der Waals surface area contributed by atoms with E-state index in [9.17, 15) is 0 Å². The number of alkyl halides is 1. The molecule has 0 saturated carbocycles. The maximum atomic E-state index is 15.3. The summed E-state index contributed by atoms with van der Waals surface area (Å²) in [6.07, 6.45) is 3.02. The highest BCUT2D eigenvalue weighted by molar-refractivity contribution is 5.75. The number of aromatic nitrogens is 3. The van der Waals surface area contributed by atoms with Gasteiger partial charge < -0.3 is 9.88 Å². The summed E-state index contributed by atoms with van der Waals surface area (Å²) in [7, 11) is 0. The second-order valence-corrected chi connectivity index (χ2v) is 6.11. The first-order valence-electron chi connectivity index (χ1n) is 7.94. The number of aromatic amines is 1. The van der Waals surface area contributed by atoms with Crippen molar-refractivity contribution in [3.05, 3.63) is 48.3 Å². The second kappa shape index (κ2) is 5.60. The molecule has 2 aromatic heterocycles. The van der Waals surface area contributed by atoms with Crippen molar-refractivity contribution in [2.45, 2.75) is 18.5 Å². The number of H-pyrrole nitrogens is 1. The van der Waals surface area contributed by atoms with Gasteiger partial charge in [0.25, 0.3) is 0 Å². The monoisotopic (exact) mass is 321 g/mol. The fourth-order valence-corrected chi connectivity index (χ4v) is 3.16. The molecule has 1 aliphatic heterocycles. The van der Waals surface area contributed by atoms with Crippen molar-refractivity contribution in [2.24, 2.45) is 0 Å². The van der Waals surface area contributed by atoms with E-state index in [0.29, 0.717) is 30.6 Å². The van der Waals surface area contributed by atoms with Crippen LogP contribution >= 0.6 is 0 Å². The van der Waals surface area contributed by atoms with Crippen LogP contribution in [0.1, 0.15) is 18.7 Å². The molecule has 1 fully saturated rings. The van der Waals surface area contributed by atoms with Crippen LogP contribution in [-0.2, 0) is 5.67 Å². The molecule has 1 N–H and O–H groups in total. The third-order valence-electron chi connectivity index (χ3n) is 4.42. The van der Waals surface area contributed by atoms with Crippen molar-refractivity contribution in [1.29, 1.82) is 5.26 Å². The predicted molar refractivity (Wildman–Crippen MR) is 88.5 cm³/mol. The van der Waals surface area contributed by atoms with E-state index in [0.717, 1.165) is 11.3 Å². The third-order valence-corrected chi connectivity index (χ3v) is 4.42. The molecule has 1 saturated heterocycles. The van der Waals surface area contributed by atoms with Crippen LogP contribution in [0.4, 0.5) is 4.39 Å². The molecule has 0 spiro atoms. The zero-order valence-electron chi connectivity index (χ0n) is 13.0. The standard InChI is InChI=1S/C18H16FN5/c19-18(9-4-10-24(11-18)12-20)17-22-15-8-7-14(21-16(15)23-17)13-5-2-1-3-6-13/h1-3,5-8H,4,9-11H2,(H,21,22,23). The van der Waals surface area contributed by atoms with Gasteiger partial charge >= 0.3 is 0 Å². The van der Waals surface area contributed by atoms with Crippen LogP contribution < -0.4 is 0 Å². The van der Waals surface area contributed by atoms with Gasteiger partial charge in [0, 0.05) is 12.1 Å². The fourth-order valence-electron chi connectivity index (χ4n) is 3.16. The molecule has 0 bridgehead atoms. The zero-order chi connectivity index (χ0) is 16.6. The first kappa shape index (κ1) is 14.6. The van der Waals surface area contributed by atoms with Crippen molar-refractivity contribution in [1.82, 2.24) is 19.9 Å². The topological polar surface area (TPSA) is 68.6 Å². The summed E-state index contributed by atoms with van der Waals surface area (Å²) in [6.45, 7) is 0.633. The Labute approximate surface area is 138 Å². The number of rotatable bonds is 2. The summed E-state index contributed by atoms with van der Waals surface area (Å²) in [4.78, 5) is 13.4. The van der Waals surface area contributed by atoms with Crippen LogP contribution in [0.3, 0.4) is 0 Å². The number of nitrogens with zero attached hydrogens (tertiary/aromatic N) is 4. The van der Waals surface area contributed by atoms with E-state index in [-0.39, 0.29) is 12.4 Å². The van der Waals surface area contributed by atoms with Gasteiger partial charge in [-0.25, -0.2) is 14.4 Å². The minimum atomic E-state index is -1.64. The molecule has 3 aromatic rings. The van der Waals surface area contributed by atoms with E-state index in [1.165, 1.54) is 4.90 Å². The molecule has 6 heteroatoms. The lowest BCUT2D eigenvalue weighted by Crippen LogP contribution is -2.41. The summed E-state index contributed by atoms with van der Waals surface area (Å²) in [6, 6.07) is 13.6. The lowest BCUT2D eigenvalue weighted by Gasteiger charge is -2.32. The van der Waals surface area contributed by atoms with Crippen molar-refractivity contribution in [2.75, 3.05) is 13.1 Å². The Morgan fingerprint density at radius 1 is 1.17 bits per heavy atom. The Bertz CT molecular complexity index is 914. The SMILES string of the molecule is N#CN1CCCC(F)(c2nc3nc(-c4ccccc4)ccc3[nH]2)C1. The van der Waals surface area contributed by atoms with Gasteiger partial charge in [0.05, 0.1) is 17.8 Å². The molecular formula is C18H16FN5. The predicted octanol–water partition coefficient (Wildman–Crippen LogP) is 3.37. The summed E-state index contributed by atoms with van der Waals surface area (Å²) in [5, 5.41) is 9.04. The Morgan fingerprint density at radius 2 is 2.00 bits per heavy atom. The van der Waals surface area contributed by atoms with Gasteiger partial charge in [-0.3, -0.25) is 0 Å². The first-order valence-corrected chi connectivity index (χ1v) is 7.94. The Kier molecular flexibility index (Phi) is 3.42. The third kappa shape index (κ3) is 2.48. The number of fused-ring (bicyclic) bond motifs is 1. The minimum Gasteiger partial charge on any atom is -0.338 e. The highest BCUT2D eigenvalue weighted by atomic mass is 19.1. The van der Waals surface area contributed by atoms with Crippen molar-refractivity contribution < 1.29 is 4.39 Å². The first-order chi connectivity index (χ1) is 11.7. The normalized spacial score (nSPS) is 20.9. The number of pyridine rings is 1. The van der Waals surface area contributed by atoms with Crippen molar-refractivity contribution in [3.63, 3.8) is 0 Å². The van der Waals surface area contributed by atoms with Gasteiger partial charge in [-0.05, 0) is 25.0 Å². The van der Waals surface area contributed by atoms with Crippen LogP contribution in [0.15, 0.2) is 42.5 Å². The van der Waals surface area contributed by atoms with E-state index in [4.69, 9.17) is 5.26 Å². The van der Waals surface area contributed by atoms with Gasteiger partial charge in [-0.15, -0.1) is 0 Å². The Hall–Kier alpha value is -2.94. The minimum absolute atomic E-state index is 0.0366.